The molecular weight excluding hydrogens is 640 g/mol. The first-order chi connectivity index (χ1) is 23.5. The van der Waals surface area contributed by atoms with E-state index < -0.39 is 59.4 Å². The topological polar surface area (TPSA) is 177 Å². The van der Waals surface area contributed by atoms with E-state index in [4.69, 9.17) is 0 Å². The average Bonchev–Trinajstić information content (AvgIpc) is 3.54. The predicted molar refractivity (Wildman–Crippen MR) is 190 cm³/mol. The molecule has 0 spiro atoms. The number of urea groups is 1. The number of hydrogen-bond acceptors (Lipinski definition) is 7. The number of nitrogens with one attached hydrogen (secondary N) is 4. The van der Waals surface area contributed by atoms with Gasteiger partial charge in [-0.15, -0.1) is 6.58 Å². The zero-order chi connectivity index (χ0) is 37.2. The van der Waals surface area contributed by atoms with Gasteiger partial charge >= 0.3 is 6.03 Å². The molecule has 2 heterocycles. The Morgan fingerprint density at radius 3 is 2.30 bits per heavy atom. The molecule has 2 aliphatic heterocycles. The van der Waals surface area contributed by atoms with Gasteiger partial charge in [-0.3, -0.25) is 24.0 Å². The summed E-state index contributed by atoms with van der Waals surface area (Å²) in [5, 5.41) is 22.1. The van der Waals surface area contributed by atoms with Crippen LogP contribution < -0.4 is 21.3 Å². The van der Waals surface area contributed by atoms with Crippen molar-refractivity contribution >= 4 is 35.4 Å². The van der Waals surface area contributed by atoms with Crippen molar-refractivity contribution in [3.8, 4) is 0 Å². The van der Waals surface area contributed by atoms with Crippen molar-refractivity contribution in [3.05, 3.63) is 12.7 Å². The van der Waals surface area contributed by atoms with E-state index in [1.807, 2.05) is 41.5 Å². The number of unbranched alkanes of at least 4 members (excludes halogenated alkanes) is 1. The molecule has 5 atom stereocenters. The second kappa shape index (κ2) is 18.1. The number of nitrogens with zero attached hydrogens (tertiary/aromatic N) is 2. The molecule has 13 nitrogen and oxygen atoms in total. The number of aliphatic hydroxyl groups excluding tert-OH is 1. The molecule has 3 fully saturated rings. The van der Waals surface area contributed by atoms with Crippen LogP contribution in [0.15, 0.2) is 12.7 Å². The van der Waals surface area contributed by atoms with Crippen LogP contribution in [0.5, 0.6) is 0 Å². The maximum atomic E-state index is 14.3. The second-order valence-electron chi connectivity index (χ2n) is 16.2. The highest BCUT2D eigenvalue weighted by Crippen LogP contribution is 2.35. The first-order valence-electron chi connectivity index (χ1n) is 18.6. The molecule has 3 aliphatic rings. The Hall–Kier alpha value is -3.48. The second-order valence-corrected chi connectivity index (χ2v) is 16.2. The van der Waals surface area contributed by atoms with Crippen LogP contribution in [0.25, 0.3) is 0 Å². The Morgan fingerprint density at radius 2 is 1.70 bits per heavy atom. The molecule has 0 radical (unpaired) electrons. The number of hydrogen-bond donors (Lipinski definition) is 5. The Kier molecular flexibility index (Phi) is 14.9. The third-order valence-corrected chi connectivity index (χ3v) is 10.4. The third kappa shape index (κ3) is 11.3. The fourth-order valence-corrected chi connectivity index (χ4v) is 7.34. The van der Waals surface area contributed by atoms with Gasteiger partial charge in [-0.1, -0.05) is 79.7 Å². The SMILES string of the molecule is C=CCNC(=O)C(=O)C(CCCC)NC(=O)[C@@H]1CCCN1C(=O)[C@@H](NC(=O)N[C@H](CN1C(=O)CC(C)(C)CC1O)C(C)(C)C)C1CCCCC1. The van der Waals surface area contributed by atoms with Gasteiger partial charge in [0.2, 0.25) is 23.5 Å². The van der Waals surface area contributed by atoms with Gasteiger partial charge in [-0.05, 0) is 55.3 Å². The van der Waals surface area contributed by atoms with Crippen molar-refractivity contribution in [2.75, 3.05) is 19.6 Å². The van der Waals surface area contributed by atoms with Crippen molar-refractivity contribution in [1.29, 1.82) is 0 Å². The Balaban J connectivity index is 1.77. The van der Waals surface area contributed by atoms with Crippen LogP contribution >= 0.6 is 0 Å². The van der Waals surface area contributed by atoms with Gasteiger partial charge in [-0.25, -0.2) is 4.79 Å². The lowest BCUT2D eigenvalue weighted by atomic mass is 9.80. The normalized spacial score (nSPS) is 23.0. The molecule has 2 saturated heterocycles. The van der Waals surface area contributed by atoms with E-state index in [1.54, 1.807) is 0 Å². The van der Waals surface area contributed by atoms with E-state index in [9.17, 15) is 33.9 Å². The van der Waals surface area contributed by atoms with Crippen LogP contribution in [0.4, 0.5) is 4.79 Å². The molecule has 13 heteroatoms. The zero-order valence-electron chi connectivity index (χ0n) is 31.1. The summed E-state index contributed by atoms with van der Waals surface area (Å²) in [7, 11) is 0. The molecule has 0 aromatic heterocycles. The van der Waals surface area contributed by atoms with Crippen LogP contribution in [0, 0.1) is 16.7 Å². The van der Waals surface area contributed by atoms with Gasteiger partial charge in [0.05, 0.1) is 12.1 Å². The van der Waals surface area contributed by atoms with Crippen molar-refractivity contribution < 1.29 is 33.9 Å². The predicted octanol–water partition coefficient (Wildman–Crippen LogP) is 3.15. The first-order valence-corrected chi connectivity index (χ1v) is 18.6. The third-order valence-electron chi connectivity index (χ3n) is 10.4. The first kappa shape index (κ1) is 40.9. The lowest BCUT2D eigenvalue weighted by Crippen LogP contribution is -2.62. The quantitative estimate of drug-likeness (QED) is 0.129. The smallest absolute Gasteiger partial charge is 0.315 e. The van der Waals surface area contributed by atoms with Crippen LogP contribution in [0.3, 0.4) is 0 Å². The average molecular weight is 703 g/mol. The molecule has 6 amide bonds. The van der Waals surface area contributed by atoms with E-state index in [0.29, 0.717) is 45.1 Å². The minimum absolute atomic E-state index is 0.118. The molecule has 50 heavy (non-hydrogen) atoms. The maximum Gasteiger partial charge on any atom is 0.315 e. The summed E-state index contributed by atoms with van der Waals surface area (Å²) < 4.78 is 0. The van der Waals surface area contributed by atoms with Gasteiger partial charge in [-0.2, -0.15) is 0 Å². The number of amides is 6. The van der Waals surface area contributed by atoms with Crippen molar-refractivity contribution in [2.24, 2.45) is 16.7 Å². The summed E-state index contributed by atoms with van der Waals surface area (Å²) in [5.41, 5.74) is -0.805. The largest absolute Gasteiger partial charge is 0.374 e. The van der Waals surface area contributed by atoms with E-state index in [1.165, 1.54) is 15.9 Å². The van der Waals surface area contributed by atoms with Crippen molar-refractivity contribution in [1.82, 2.24) is 31.1 Å². The van der Waals surface area contributed by atoms with Crippen LogP contribution in [-0.4, -0.2) is 100 Å². The van der Waals surface area contributed by atoms with Gasteiger partial charge < -0.3 is 36.2 Å². The van der Waals surface area contributed by atoms with Crippen LogP contribution in [-0.2, 0) is 24.0 Å². The maximum absolute atomic E-state index is 14.3. The zero-order valence-corrected chi connectivity index (χ0v) is 31.1. The number of ketones is 1. The molecule has 1 aliphatic carbocycles. The van der Waals surface area contributed by atoms with Crippen LogP contribution in [0.1, 0.15) is 119 Å². The summed E-state index contributed by atoms with van der Waals surface area (Å²) in [5.74, 6) is -2.67. The van der Waals surface area contributed by atoms with E-state index in [0.717, 1.165) is 38.5 Å². The van der Waals surface area contributed by atoms with E-state index in [2.05, 4.69) is 27.8 Å². The van der Waals surface area contributed by atoms with Crippen LogP contribution in [0.2, 0.25) is 0 Å². The summed E-state index contributed by atoms with van der Waals surface area (Å²) in [6.45, 7) is 15.8. The van der Waals surface area contributed by atoms with Crippen molar-refractivity contribution in [3.63, 3.8) is 0 Å². The van der Waals surface area contributed by atoms with E-state index >= 15 is 0 Å². The highest BCUT2D eigenvalue weighted by Gasteiger charge is 2.43. The number of likely N-dealkylation sites (tertiary alicyclic amines) is 2. The fraction of sp³-hybridized carbons (Fsp3) is 0.784. The lowest BCUT2D eigenvalue weighted by molar-refractivity contribution is -0.155. The van der Waals surface area contributed by atoms with Crippen molar-refractivity contribution in [2.45, 2.75) is 149 Å². The number of carbonyl (C=O) groups is 6. The molecule has 282 valence electrons. The highest BCUT2D eigenvalue weighted by molar-refractivity contribution is 6.38. The molecule has 2 unspecified atom stereocenters. The standard InChI is InChI=1S/C37H62N6O7/c1-8-10-17-25(31(46)33(48)38-19-9-2)39-32(47)26-18-14-20-42(26)34(49)30(24-15-12-11-13-16-24)41-35(50)40-27(36(3,4)5)23-43-28(44)21-37(6,7)22-29(43)45/h9,24-28,30,44H,2,8,10-23H2,1,3-7H3,(H,38,48)(H,39,47)(H2,40,41,50)/t25?,26-,27+,28?,30-/m0/s1. The summed E-state index contributed by atoms with van der Waals surface area (Å²) in [6.07, 6.45) is 8.28. The summed E-state index contributed by atoms with van der Waals surface area (Å²) >= 11 is 0. The van der Waals surface area contributed by atoms with Gasteiger partial charge in [0.1, 0.15) is 18.3 Å². The fourth-order valence-electron chi connectivity index (χ4n) is 7.34. The Morgan fingerprint density at radius 1 is 1.02 bits per heavy atom. The molecule has 5 N–H and O–H groups in total. The van der Waals surface area contributed by atoms with Gasteiger partial charge in [0.15, 0.2) is 0 Å². The van der Waals surface area contributed by atoms with E-state index in [-0.39, 0.29) is 36.2 Å². The number of aliphatic hydroxyl groups is 1. The van der Waals surface area contributed by atoms with Gasteiger partial charge in [0.25, 0.3) is 5.91 Å². The number of piperidine rings is 1. The monoisotopic (exact) mass is 702 g/mol. The Bertz CT molecular complexity index is 1240. The Labute approximate surface area is 298 Å². The minimum Gasteiger partial charge on any atom is -0.374 e. The number of Topliss-reactive ketones (excluding diaryl/α,β-unsaturated/α-hetero) is 1. The minimum atomic E-state index is -1.02. The summed E-state index contributed by atoms with van der Waals surface area (Å²) in [6, 6.07) is -3.83. The lowest BCUT2D eigenvalue weighted by Gasteiger charge is -2.44. The molecule has 0 aromatic rings. The van der Waals surface area contributed by atoms with Gasteiger partial charge in [0, 0.05) is 26.1 Å². The number of carbonyl (C=O) groups excluding carboxylic acids is 6. The molecule has 3 rings (SSSR count). The molecule has 0 bridgehead atoms. The molecule has 1 saturated carbocycles. The molecular formula is C37H62N6O7. The number of rotatable bonds is 15. The molecule has 0 aromatic carbocycles. The highest BCUT2D eigenvalue weighted by atomic mass is 16.3. The summed E-state index contributed by atoms with van der Waals surface area (Å²) in [4.78, 5) is 83.1.